The molecule has 0 radical (unpaired) electrons. The van der Waals surface area contributed by atoms with E-state index in [2.05, 4.69) is 10.4 Å². The van der Waals surface area contributed by atoms with Gasteiger partial charge in [0.15, 0.2) is 5.03 Å². The van der Waals surface area contributed by atoms with Crippen molar-refractivity contribution in [1.29, 1.82) is 0 Å². The summed E-state index contributed by atoms with van der Waals surface area (Å²) < 4.78 is 33.3. The molecule has 0 aliphatic carbocycles. The number of sulfonamides is 1. The molecule has 1 fully saturated rings. The summed E-state index contributed by atoms with van der Waals surface area (Å²) >= 11 is 5.91. The van der Waals surface area contributed by atoms with Crippen molar-refractivity contribution in [3.8, 4) is 0 Å². The number of morpholine rings is 1. The van der Waals surface area contributed by atoms with Gasteiger partial charge in [0.05, 0.1) is 23.9 Å². The first-order valence-electron chi connectivity index (χ1n) is 5.90. The van der Waals surface area contributed by atoms with Gasteiger partial charge in [0.1, 0.15) is 0 Å². The first kappa shape index (κ1) is 14.7. The molecule has 0 bridgehead atoms. The lowest BCUT2D eigenvalue weighted by Gasteiger charge is -2.32. The SMILES string of the molecule is CNCC1CN(S(=O)(=O)c2c(Cl)cnn2C)CCO1. The van der Waals surface area contributed by atoms with Crippen LogP contribution in [0.2, 0.25) is 5.02 Å². The van der Waals surface area contributed by atoms with Gasteiger partial charge >= 0.3 is 0 Å². The summed E-state index contributed by atoms with van der Waals surface area (Å²) in [4.78, 5) is 0. The molecule has 1 aromatic rings. The standard InChI is InChI=1S/C10H17ClN4O3S/c1-12-5-8-7-15(3-4-18-8)19(16,17)10-9(11)6-13-14(10)2/h6,8,12H,3-5,7H2,1-2H3. The normalized spacial score (nSPS) is 21.7. The number of aryl methyl sites for hydroxylation is 1. The summed E-state index contributed by atoms with van der Waals surface area (Å²) in [7, 11) is -0.277. The van der Waals surface area contributed by atoms with E-state index < -0.39 is 10.0 Å². The third-order valence-corrected chi connectivity index (χ3v) is 5.33. The maximum Gasteiger partial charge on any atom is 0.261 e. The molecule has 1 aromatic heterocycles. The van der Waals surface area contributed by atoms with E-state index in [1.54, 1.807) is 14.1 Å². The summed E-state index contributed by atoms with van der Waals surface area (Å²) in [5, 5.41) is 7.01. The Morgan fingerprint density at radius 3 is 2.95 bits per heavy atom. The minimum Gasteiger partial charge on any atom is -0.374 e. The van der Waals surface area contributed by atoms with Gasteiger partial charge in [0.25, 0.3) is 10.0 Å². The van der Waals surface area contributed by atoms with E-state index in [0.717, 1.165) is 0 Å². The zero-order valence-corrected chi connectivity index (χ0v) is 12.4. The molecule has 0 saturated carbocycles. The maximum atomic E-state index is 12.5. The van der Waals surface area contributed by atoms with E-state index in [1.165, 1.54) is 15.2 Å². The van der Waals surface area contributed by atoms with Gasteiger partial charge in [-0.05, 0) is 7.05 Å². The van der Waals surface area contributed by atoms with Gasteiger partial charge in [0.2, 0.25) is 0 Å². The number of rotatable bonds is 4. The molecule has 0 aromatic carbocycles. The Labute approximate surface area is 117 Å². The zero-order chi connectivity index (χ0) is 14.0. The Morgan fingerprint density at radius 2 is 2.37 bits per heavy atom. The minimum absolute atomic E-state index is 0.0271. The largest absolute Gasteiger partial charge is 0.374 e. The fraction of sp³-hybridized carbons (Fsp3) is 0.700. The molecular weight excluding hydrogens is 292 g/mol. The molecule has 0 amide bonds. The van der Waals surface area contributed by atoms with Crippen molar-refractivity contribution in [2.45, 2.75) is 11.1 Å². The highest BCUT2D eigenvalue weighted by Gasteiger charge is 2.34. The first-order valence-corrected chi connectivity index (χ1v) is 7.72. The van der Waals surface area contributed by atoms with Crippen molar-refractivity contribution < 1.29 is 13.2 Å². The molecule has 1 unspecified atom stereocenters. The van der Waals surface area contributed by atoms with Gasteiger partial charge in [-0.2, -0.15) is 9.40 Å². The number of hydrogen-bond donors (Lipinski definition) is 1. The smallest absolute Gasteiger partial charge is 0.261 e. The van der Waals surface area contributed by atoms with Crippen LogP contribution in [0.4, 0.5) is 0 Å². The number of likely N-dealkylation sites (N-methyl/N-ethyl adjacent to an activating group) is 1. The van der Waals surface area contributed by atoms with Crippen LogP contribution in [0.15, 0.2) is 11.2 Å². The summed E-state index contributed by atoms with van der Waals surface area (Å²) in [6.07, 6.45) is 1.18. The van der Waals surface area contributed by atoms with E-state index in [0.29, 0.717) is 26.2 Å². The van der Waals surface area contributed by atoms with Crippen LogP contribution in [-0.2, 0) is 21.8 Å². The molecule has 19 heavy (non-hydrogen) atoms. The third kappa shape index (κ3) is 2.92. The van der Waals surface area contributed by atoms with E-state index in [-0.39, 0.29) is 16.2 Å². The van der Waals surface area contributed by atoms with Gasteiger partial charge in [-0.25, -0.2) is 8.42 Å². The summed E-state index contributed by atoms with van der Waals surface area (Å²) in [5.41, 5.74) is 0. The van der Waals surface area contributed by atoms with Crippen LogP contribution < -0.4 is 5.32 Å². The Kier molecular flexibility index (Phi) is 4.46. The van der Waals surface area contributed by atoms with Crippen molar-refractivity contribution in [2.75, 3.05) is 33.3 Å². The number of halogens is 1. The van der Waals surface area contributed by atoms with Crippen molar-refractivity contribution >= 4 is 21.6 Å². The van der Waals surface area contributed by atoms with Crippen LogP contribution in [0.25, 0.3) is 0 Å². The highest BCUT2D eigenvalue weighted by molar-refractivity contribution is 7.89. The lowest BCUT2D eigenvalue weighted by molar-refractivity contribution is 0.000696. The molecular formula is C10H17ClN4O3S. The van der Waals surface area contributed by atoms with Gasteiger partial charge in [-0.15, -0.1) is 0 Å². The Bertz CT molecular complexity index is 523. The molecule has 1 saturated heterocycles. The fourth-order valence-corrected chi connectivity index (χ4v) is 4.13. The molecule has 1 atom stereocenters. The number of aromatic nitrogens is 2. The molecule has 108 valence electrons. The molecule has 1 aliphatic heterocycles. The number of nitrogens with zero attached hydrogens (tertiary/aromatic N) is 3. The van der Waals surface area contributed by atoms with Gasteiger partial charge in [-0.3, -0.25) is 4.68 Å². The second kappa shape index (κ2) is 5.76. The lowest BCUT2D eigenvalue weighted by Crippen LogP contribution is -2.48. The van der Waals surface area contributed by atoms with E-state index in [1.807, 2.05) is 0 Å². The van der Waals surface area contributed by atoms with E-state index >= 15 is 0 Å². The Morgan fingerprint density at radius 1 is 1.63 bits per heavy atom. The van der Waals surface area contributed by atoms with Crippen LogP contribution in [0.1, 0.15) is 0 Å². The van der Waals surface area contributed by atoms with Gasteiger partial charge < -0.3 is 10.1 Å². The maximum absolute atomic E-state index is 12.5. The monoisotopic (exact) mass is 308 g/mol. The molecule has 0 spiro atoms. The molecule has 9 heteroatoms. The Balaban J connectivity index is 2.25. The van der Waals surface area contributed by atoms with Crippen molar-refractivity contribution in [1.82, 2.24) is 19.4 Å². The van der Waals surface area contributed by atoms with Crippen LogP contribution in [0.5, 0.6) is 0 Å². The topological polar surface area (TPSA) is 76.5 Å². The fourth-order valence-electron chi connectivity index (χ4n) is 2.07. The highest BCUT2D eigenvalue weighted by atomic mass is 35.5. The molecule has 1 aliphatic rings. The zero-order valence-electron chi connectivity index (χ0n) is 10.8. The molecule has 7 nitrogen and oxygen atoms in total. The number of ether oxygens (including phenoxy) is 1. The average molecular weight is 309 g/mol. The van der Waals surface area contributed by atoms with E-state index in [4.69, 9.17) is 16.3 Å². The first-order chi connectivity index (χ1) is 8.96. The van der Waals surface area contributed by atoms with Crippen LogP contribution >= 0.6 is 11.6 Å². The Hall–Kier alpha value is -0.670. The predicted octanol–water partition coefficient (Wildman–Crippen LogP) is -0.318. The number of nitrogens with one attached hydrogen (secondary N) is 1. The summed E-state index contributed by atoms with van der Waals surface area (Å²) in [6.45, 7) is 1.61. The molecule has 2 rings (SSSR count). The van der Waals surface area contributed by atoms with Gasteiger partial charge in [0, 0.05) is 26.7 Å². The summed E-state index contributed by atoms with van der Waals surface area (Å²) in [6, 6.07) is 0. The van der Waals surface area contributed by atoms with Crippen LogP contribution in [0.3, 0.4) is 0 Å². The quantitative estimate of drug-likeness (QED) is 0.825. The average Bonchev–Trinajstić information content (AvgIpc) is 2.70. The highest BCUT2D eigenvalue weighted by Crippen LogP contribution is 2.24. The minimum atomic E-state index is -3.64. The van der Waals surface area contributed by atoms with E-state index in [9.17, 15) is 8.42 Å². The lowest BCUT2D eigenvalue weighted by atomic mass is 10.3. The van der Waals surface area contributed by atoms with Gasteiger partial charge in [-0.1, -0.05) is 11.6 Å². The summed E-state index contributed by atoms with van der Waals surface area (Å²) in [5.74, 6) is 0. The second-order valence-electron chi connectivity index (χ2n) is 4.33. The third-order valence-electron chi connectivity index (χ3n) is 2.96. The van der Waals surface area contributed by atoms with Crippen molar-refractivity contribution in [3.63, 3.8) is 0 Å². The van der Waals surface area contributed by atoms with Crippen molar-refractivity contribution in [3.05, 3.63) is 11.2 Å². The predicted molar refractivity (Wildman–Crippen MR) is 70.6 cm³/mol. The van der Waals surface area contributed by atoms with Crippen LogP contribution in [-0.4, -0.2) is 61.9 Å². The second-order valence-corrected chi connectivity index (χ2v) is 6.60. The molecule has 1 N–H and O–H groups in total. The molecule has 2 heterocycles. The van der Waals surface area contributed by atoms with Crippen LogP contribution in [0, 0.1) is 0 Å². The van der Waals surface area contributed by atoms with Crippen molar-refractivity contribution in [2.24, 2.45) is 7.05 Å². The number of hydrogen-bond acceptors (Lipinski definition) is 5.